The van der Waals surface area contributed by atoms with Gasteiger partial charge in [-0.05, 0) is 136 Å². The van der Waals surface area contributed by atoms with Crippen LogP contribution in [0.5, 0.6) is 11.5 Å². The highest BCUT2D eigenvalue weighted by molar-refractivity contribution is 5.76. The number of ether oxygens (including phenoxy) is 2. The van der Waals surface area contributed by atoms with Gasteiger partial charge in [0.1, 0.15) is 5.82 Å². The standard InChI is InChI=1S/C47H60FN3O3/c1-51(41-23-24-41)33-11-10-29-47(42-35-44(54-3)43(53-2)34-37(42)26-32-50-47)30-12-27-46(38-14-6-4-7-15-38,39-16-8-5-9-17-39)28-13-31-49-45(52)25-20-36-18-21-40(48)22-19-36/h4-9,14-19,21-22,34-35,41,50H,10-13,20,23-33H2,1-3H3,(H,49,52). The van der Waals surface area contributed by atoms with Crippen molar-refractivity contribution in [2.24, 2.45) is 0 Å². The minimum Gasteiger partial charge on any atom is -0.493 e. The number of carbonyl (C=O) groups is 1. The third-order valence-corrected chi connectivity index (χ3v) is 12.0. The maximum absolute atomic E-state index is 13.4. The van der Waals surface area contributed by atoms with Crippen molar-refractivity contribution in [3.8, 4) is 11.5 Å². The molecule has 1 unspecified atom stereocenters. The molecule has 1 saturated carbocycles. The number of nitrogens with one attached hydrogen (secondary N) is 2. The number of rotatable bonds is 21. The molecule has 288 valence electrons. The Morgan fingerprint density at radius 2 is 1.48 bits per heavy atom. The van der Waals surface area contributed by atoms with Gasteiger partial charge in [0.2, 0.25) is 5.91 Å². The average Bonchev–Trinajstić information content (AvgIpc) is 4.07. The van der Waals surface area contributed by atoms with Crippen molar-refractivity contribution < 1.29 is 18.7 Å². The molecule has 1 atom stereocenters. The lowest BCUT2D eigenvalue weighted by Crippen LogP contribution is -2.47. The first-order chi connectivity index (χ1) is 26.4. The van der Waals surface area contributed by atoms with Gasteiger partial charge in [-0.1, -0.05) is 79.2 Å². The van der Waals surface area contributed by atoms with E-state index in [9.17, 15) is 9.18 Å². The number of hydrogen-bond acceptors (Lipinski definition) is 5. The molecule has 1 fully saturated rings. The number of hydrogen-bond donors (Lipinski definition) is 2. The van der Waals surface area contributed by atoms with Gasteiger partial charge in [-0.25, -0.2) is 4.39 Å². The molecule has 2 aliphatic rings. The minimum atomic E-state index is -0.258. The monoisotopic (exact) mass is 733 g/mol. The first-order valence-corrected chi connectivity index (χ1v) is 20.2. The molecule has 4 aromatic carbocycles. The molecule has 0 aromatic heterocycles. The predicted molar refractivity (Wildman–Crippen MR) is 217 cm³/mol. The van der Waals surface area contributed by atoms with E-state index >= 15 is 0 Å². The minimum absolute atomic E-state index is 0.0312. The van der Waals surface area contributed by atoms with Crippen LogP contribution >= 0.6 is 0 Å². The van der Waals surface area contributed by atoms with Gasteiger partial charge >= 0.3 is 0 Å². The van der Waals surface area contributed by atoms with Crippen LogP contribution in [-0.4, -0.2) is 57.8 Å². The van der Waals surface area contributed by atoms with E-state index < -0.39 is 0 Å². The molecule has 54 heavy (non-hydrogen) atoms. The number of amides is 1. The molecule has 0 radical (unpaired) electrons. The molecule has 4 aromatic rings. The highest BCUT2D eigenvalue weighted by atomic mass is 19.1. The first kappa shape index (κ1) is 39.5. The molecule has 1 heterocycles. The first-order valence-electron chi connectivity index (χ1n) is 20.2. The largest absolute Gasteiger partial charge is 0.493 e. The molecule has 1 aliphatic carbocycles. The average molecular weight is 734 g/mol. The highest BCUT2D eigenvalue weighted by Crippen LogP contribution is 2.46. The predicted octanol–water partition coefficient (Wildman–Crippen LogP) is 9.13. The maximum atomic E-state index is 13.4. The molecule has 2 N–H and O–H groups in total. The summed E-state index contributed by atoms with van der Waals surface area (Å²) in [5.41, 5.74) is 5.94. The van der Waals surface area contributed by atoms with Crippen LogP contribution in [0.2, 0.25) is 0 Å². The van der Waals surface area contributed by atoms with Gasteiger partial charge in [-0.2, -0.15) is 0 Å². The quantitative estimate of drug-likeness (QED) is 0.0837. The summed E-state index contributed by atoms with van der Waals surface area (Å²) in [7, 11) is 5.74. The van der Waals surface area contributed by atoms with E-state index in [4.69, 9.17) is 9.47 Å². The van der Waals surface area contributed by atoms with Crippen LogP contribution < -0.4 is 20.1 Å². The van der Waals surface area contributed by atoms with Crippen LogP contribution in [-0.2, 0) is 28.6 Å². The molecule has 1 amide bonds. The zero-order valence-electron chi connectivity index (χ0n) is 32.7. The second-order valence-corrected chi connectivity index (χ2v) is 15.5. The van der Waals surface area contributed by atoms with Gasteiger partial charge in [0.25, 0.3) is 0 Å². The number of benzene rings is 4. The molecule has 0 saturated heterocycles. The number of fused-ring (bicyclic) bond motifs is 1. The molecule has 6 rings (SSSR count). The Labute approximate surface area is 322 Å². The third-order valence-electron chi connectivity index (χ3n) is 12.0. The lowest BCUT2D eigenvalue weighted by Gasteiger charge is -2.43. The van der Waals surface area contributed by atoms with Gasteiger partial charge in [0.05, 0.1) is 14.2 Å². The highest BCUT2D eigenvalue weighted by Gasteiger charge is 2.39. The van der Waals surface area contributed by atoms with Crippen LogP contribution in [0.25, 0.3) is 0 Å². The van der Waals surface area contributed by atoms with Gasteiger partial charge in [0.15, 0.2) is 11.5 Å². The Bertz CT molecular complexity index is 1720. The van der Waals surface area contributed by atoms with E-state index in [-0.39, 0.29) is 22.7 Å². The SMILES string of the molecule is COc1cc2c(cc1OC)C(CCCCN(C)C1CC1)(CCCC(CCCNC(=O)CCc1ccc(F)cc1)(c1ccccc1)c1ccccc1)NCC2. The number of nitrogens with zero attached hydrogens (tertiary/aromatic N) is 1. The van der Waals surface area contributed by atoms with Crippen LogP contribution in [0.1, 0.15) is 98.4 Å². The molecule has 6 nitrogen and oxygen atoms in total. The molecule has 0 bridgehead atoms. The number of carbonyl (C=O) groups excluding carboxylic acids is 1. The third kappa shape index (κ3) is 9.91. The second-order valence-electron chi connectivity index (χ2n) is 15.5. The van der Waals surface area contributed by atoms with Crippen molar-refractivity contribution in [3.05, 3.63) is 131 Å². The van der Waals surface area contributed by atoms with Crippen molar-refractivity contribution >= 4 is 5.91 Å². The van der Waals surface area contributed by atoms with E-state index in [2.05, 4.69) is 95.4 Å². The number of aryl methyl sites for hydroxylation is 1. The summed E-state index contributed by atoms with van der Waals surface area (Å²) < 4.78 is 25.0. The molecule has 1 aliphatic heterocycles. The van der Waals surface area contributed by atoms with E-state index in [0.29, 0.717) is 19.4 Å². The van der Waals surface area contributed by atoms with Crippen LogP contribution in [0, 0.1) is 5.82 Å². The van der Waals surface area contributed by atoms with Crippen molar-refractivity contribution in [1.82, 2.24) is 15.5 Å². The normalized spacial score (nSPS) is 16.9. The van der Waals surface area contributed by atoms with Gasteiger partial charge < -0.3 is 25.0 Å². The Hall–Kier alpha value is -4.20. The van der Waals surface area contributed by atoms with Gasteiger partial charge in [-0.15, -0.1) is 0 Å². The van der Waals surface area contributed by atoms with Gasteiger partial charge in [-0.3, -0.25) is 4.79 Å². The van der Waals surface area contributed by atoms with Gasteiger partial charge in [0, 0.05) is 36.5 Å². The summed E-state index contributed by atoms with van der Waals surface area (Å²) in [6.45, 7) is 2.70. The summed E-state index contributed by atoms with van der Waals surface area (Å²) in [6.07, 6.45) is 12.8. The second kappa shape index (κ2) is 18.9. The maximum Gasteiger partial charge on any atom is 0.220 e. The van der Waals surface area contributed by atoms with Crippen molar-refractivity contribution in [1.29, 1.82) is 0 Å². The van der Waals surface area contributed by atoms with E-state index in [1.807, 2.05) is 0 Å². The lowest BCUT2D eigenvalue weighted by atomic mass is 9.66. The molecular formula is C47H60FN3O3. The fraction of sp³-hybridized carbons (Fsp3) is 0.468. The fourth-order valence-electron chi connectivity index (χ4n) is 8.85. The van der Waals surface area contributed by atoms with Crippen molar-refractivity contribution in [2.45, 2.75) is 100 Å². The Morgan fingerprint density at radius 1 is 0.852 bits per heavy atom. The summed E-state index contributed by atoms with van der Waals surface area (Å²) in [4.78, 5) is 15.4. The fourth-order valence-corrected chi connectivity index (χ4v) is 8.85. The van der Waals surface area contributed by atoms with Crippen molar-refractivity contribution in [2.75, 3.05) is 40.9 Å². The summed E-state index contributed by atoms with van der Waals surface area (Å²) in [5.74, 6) is 1.36. The summed E-state index contributed by atoms with van der Waals surface area (Å²) >= 11 is 0. The Balaban J connectivity index is 1.21. The Kier molecular flexibility index (Phi) is 13.8. The van der Waals surface area contributed by atoms with Crippen molar-refractivity contribution in [3.63, 3.8) is 0 Å². The Morgan fingerprint density at radius 3 is 2.13 bits per heavy atom. The van der Waals surface area contributed by atoms with Crippen LogP contribution in [0.3, 0.4) is 0 Å². The van der Waals surface area contributed by atoms with Crippen LogP contribution in [0.4, 0.5) is 4.39 Å². The van der Waals surface area contributed by atoms with Crippen LogP contribution in [0.15, 0.2) is 97.1 Å². The molecule has 7 heteroatoms. The number of halogens is 1. The zero-order chi connectivity index (χ0) is 37.8. The molecular weight excluding hydrogens is 674 g/mol. The summed E-state index contributed by atoms with van der Waals surface area (Å²) in [6, 6.07) is 33.6. The summed E-state index contributed by atoms with van der Waals surface area (Å²) in [5, 5.41) is 7.27. The smallest absolute Gasteiger partial charge is 0.220 e. The zero-order valence-corrected chi connectivity index (χ0v) is 32.7. The number of methoxy groups -OCH3 is 2. The van der Waals surface area contributed by atoms with E-state index in [1.165, 1.54) is 53.6 Å². The molecule has 0 spiro atoms. The van der Waals surface area contributed by atoms with E-state index in [0.717, 1.165) is 87.6 Å². The topological polar surface area (TPSA) is 62.8 Å². The van der Waals surface area contributed by atoms with E-state index in [1.54, 1.807) is 26.4 Å². The number of unbranched alkanes of at least 4 members (excludes halogenated alkanes) is 1. The lowest BCUT2D eigenvalue weighted by molar-refractivity contribution is -0.121.